The number of aromatic nitrogens is 2. The molecule has 1 aliphatic heterocycles. The second-order valence-corrected chi connectivity index (χ2v) is 6.34. The molecule has 0 aliphatic carbocycles. The minimum atomic E-state index is -0.00213. The van der Waals surface area contributed by atoms with Crippen molar-refractivity contribution in [3.8, 4) is 0 Å². The Hall–Kier alpha value is -2.21. The molecule has 0 atom stereocenters. The van der Waals surface area contributed by atoms with E-state index < -0.39 is 0 Å². The number of urea groups is 1. The quantitative estimate of drug-likeness (QED) is 0.922. The molecule has 1 N–H and O–H groups in total. The smallest absolute Gasteiger partial charge is 0.317 e. The van der Waals surface area contributed by atoms with Crippen LogP contribution in [0.3, 0.4) is 0 Å². The fourth-order valence-electron chi connectivity index (χ4n) is 2.89. The Morgan fingerprint density at radius 1 is 1.25 bits per heavy atom. The van der Waals surface area contributed by atoms with Gasteiger partial charge in [-0.15, -0.1) is 0 Å². The highest BCUT2D eigenvalue weighted by Crippen LogP contribution is 2.25. The molecule has 1 saturated heterocycles. The summed E-state index contributed by atoms with van der Waals surface area (Å²) in [4.78, 5) is 16.3. The Morgan fingerprint density at radius 2 is 2.00 bits per heavy atom. The molecule has 1 aromatic carbocycles. The fraction of sp³-hybridized carbons (Fsp3) is 0.412. The van der Waals surface area contributed by atoms with Crippen molar-refractivity contribution in [2.24, 2.45) is 7.05 Å². The molecule has 0 bridgehead atoms. The maximum atomic E-state index is 12.3. The molecule has 128 valence electrons. The van der Waals surface area contributed by atoms with Crippen LogP contribution in [0.25, 0.3) is 0 Å². The Bertz CT molecular complexity index is 694. The first-order chi connectivity index (χ1) is 11.6. The van der Waals surface area contributed by atoms with E-state index in [0.717, 1.165) is 35.8 Å². The van der Waals surface area contributed by atoms with Crippen LogP contribution in [0.2, 0.25) is 5.02 Å². The first-order valence-electron chi connectivity index (χ1n) is 8.13. The van der Waals surface area contributed by atoms with Crippen LogP contribution in [0.1, 0.15) is 5.56 Å². The summed E-state index contributed by atoms with van der Waals surface area (Å²) in [5.41, 5.74) is 2.16. The number of carbonyl (C=O) groups is 1. The summed E-state index contributed by atoms with van der Waals surface area (Å²) in [6.07, 6.45) is 4.59. The monoisotopic (exact) mass is 347 g/mol. The second kappa shape index (κ2) is 7.57. The Kier molecular flexibility index (Phi) is 5.25. The zero-order valence-corrected chi connectivity index (χ0v) is 14.5. The highest BCUT2D eigenvalue weighted by atomic mass is 35.5. The van der Waals surface area contributed by atoms with Crippen molar-refractivity contribution >= 4 is 23.3 Å². The number of carbonyl (C=O) groups excluding carboxylic acids is 1. The van der Waals surface area contributed by atoms with E-state index in [1.165, 1.54) is 0 Å². The maximum Gasteiger partial charge on any atom is 0.317 e. The predicted molar refractivity (Wildman–Crippen MR) is 95.5 cm³/mol. The van der Waals surface area contributed by atoms with Gasteiger partial charge in [-0.3, -0.25) is 4.68 Å². The average molecular weight is 348 g/mol. The molecule has 2 amide bonds. The zero-order valence-electron chi connectivity index (χ0n) is 13.8. The third-order valence-corrected chi connectivity index (χ3v) is 4.53. The lowest BCUT2D eigenvalue weighted by atomic mass is 10.2. The highest BCUT2D eigenvalue weighted by molar-refractivity contribution is 6.33. The summed E-state index contributed by atoms with van der Waals surface area (Å²) >= 11 is 6.24. The molecule has 0 unspecified atom stereocenters. The summed E-state index contributed by atoms with van der Waals surface area (Å²) < 4.78 is 1.77. The third kappa shape index (κ3) is 4.00. The molecule has 2 heterocycles. The number of anilines is 1. The number of rotatable bonds is 4. The third-order valence-electron chi connectivity index (χ3n) is 4.21. The van der Waals surface area contributed by atoms with Crippen LogP contribution in [-0.2, 0) is 13.5 Å². The standard InChI is InChI=1S/C17H22ClN5O/c1-21-13-14(12-20-21)6-7-19-17(24)23-10-8-22(9-11-23)16-5-3-2-4-15(16)18/h2-5,12-13H,6-11H2,1H3,(H,19,24). The molecule has 1 aliphatic rings. The number of benzene rings is 1. The number of nitrogens with one attached hydrogen (secondary N) is 1. The normalized spacial score (nSPS) is 14.8. The van der Waals surface area contributed by atoms with Crippen LogP contribution in [0.4, 0.5) is 10.5 Å². The maximum absolute atomic E-state index is 12.3. The summed E-state index contributed by atoms with van der Waals surface area (Å²) in [5.74, 6) is 0. The minimum Gasteiger partial charge on any atom is -0.367 e. The molecule has 6 nitrogen and oxygen atoms in total. The van der Waals surface area contributed by atoms with Crippen LogP contribution in [0.5, 0.6) is 0 Å². The van der Waals surface area contributed by atoms with Crippen molar-refractivity contribution in [3.63, 3.8) is 0 Å². The van der Waals surface area contributed by atoms with Gasteiger partial charge in [-0.1, -0.05) is 23.7 Å². The van der Waals surface area contributed by atoms with E-state index in [2.05, 4.69) is 15.3 Å². The van der Waals surface area contributed by atoms with Gasteiger partial charge in [0.25, 0.3) is 0 Å². The van der Waals surface area contributed by atoms with Gasteiger partial charge >= 0.3 is 6.03 Å². The first kappa shape index (κ1) is 16.6. The summed E-state index contributed by atoms with van der Waals surface area (Å²) in [6.45, 7) is 3.60. The molecule has 0 saturated carbocycles. The fourth-order valence-corrected chi connectivity index (χ4v) is 3.14. The van der Waals surface area contributed by atoms with Gasteiger partial charge in [0.05, 0.1) is 16.9 Å². The number of aryl methyl sites for hydroxylation is 1. The van der Waals surface area contributed by atoms with Crippen LogP contribution < -0.4 is 10.2 Å². The minimum absolute atomic E-state index is 0.00213. The number of piperazine rings is 1. The van der Waals surface area contributed by atoms with Gasteiger partial charge in [0, 0.05) is 46.0 Å². The van der Waals surface area contributed by atoms with E-state index in [9.17, 15) is 4.79 Å². The Morgan fingerprint density at radius 3 is 2.67 bits per heavy atom. The van der Waals surface area contributed by atoms with Gasteiger partial charge in [-0.25, -0.2) is 4.79 Å². The molecular weight excluding hydrogens is 326 g/mol. The van der Waals surface area contributed by atoms with Gasteiger partial charge in [0.2, 0.25) is 0 Å². The molecule has 0 radical (unpaired) electrons. The predicted octanol–water partition coefficient (Wildman–Crippen LogP) is 2.15. The topological polar surface area (TPSA) is 53.4 Å². The lowest BCUT2D eigenvalue weighted by Gasteiger charge is -2.36. The number of hydrogen-bond donors (Lipinski definition) is 1. The van der Waals surface area contributed by atoms with Crippen LogP contribution in [-0.4, -0.2) is 53.4 Å². The van der Waals surface area contributed by atoms with E-state index in [1.54, 1.807) is 4.68 Å². The van der Waals surface area contributed by atoms with Crippen molar-refractivity contribution in [2.75, 3.05) is 37.6 Å². The lowest BCUT2D eigenvalue weighted by molar-refractivity contribution is 0.194. The van der Waals surface area contributed by atoms with Gasteiger partial charge < -0.3 is 15.1 Å². The van der Waals surface area contributed by atoms with Gasteiger partial charge in [0.15, 0.2) is 0 Å². The van der Waals surface area contributed by atoms with Crippen molar-refractivity contribution in [1.29, 1.82) is 0 Å². The highest BCUT2D eigenvalue weighted by Gasteiger charge is 2.21. The molecule has 3 rings (SSSR count). The van der Waals surface area contributed by atoms with E-state index in [1.807, 2.05) is 48.6 Å². The number of halogens is 1. The summed E-state index contributed by atoms with van der Waals surface area (Å²) in [5, 5.41) is 7.86. The molecular formula is C17H22ClN5O. The van der Waals surface area contributed by atoms with Gasteiger partial charge in [-0.2, -0.15) is 5.10 Å². The molecule has 1 aromatic heterocycles. The van der Waals surface area contributed by atoms with E-state index >= 15 is 0 Å². The lowest BCUT2D eigenvalue weighted by Crippen LogP contribution is -2.52. The molecule has 1 fully saturated rings. The van der Waals surface area contributed by atoms with Gasteiger partial charge in [-0.05, 0) is 24.1 Å². The SMILES string of the molecule is Cn1cc(CCNC(=O)N2CCN(c3ccccc3Cl)CC2)cn1. The van der Waals surface area contributed by atoms with E-state index in [-0.39, 0.29) is 6.03 Å². The molecule has 7 heteroatoms. The first-order valence-corrected chi connectivity index (χ1v) is 8.51. The van der Waals surface area contributed by atoms with Crippen molar-refractivity contribution in [3.05, 3.63) is 47.2 Å². The molecule has 24 heavy (non-hydrogen) atoms. The zero-order chi connectivity index (χ0) is 16.9. The van der Waals surface area contributed by atoms with Crippen LogP contribution in [0, 0.1) is 0 Å². The number of hydrogen-bond acceptors (Lipinski definition) is 3. The van der Waals surface area contributed by atoms with Crippen molar-refractivity contribution in [1.82, 2.24) is 20.0 Å². The summed E-state index contributed by atoms with van der Waals surface area (Å²) in [6, 6.07) is 7.83. The number of nitrogens with zero attached hydrogens (tertiary/aromatic N) is 4. The van der Waals surface area contributed by atoms with Crippen molar-refractivity contribution in [2.45, 2.75) is 6.42 Å². The Balaban J connectivity index is 1.44. The summed E-state index contributed by atoms with van der Waals surface area (Å²) in [7, 11) is 1.89. The van der Waals surface area contributed by atoms with E-state index in [0.29, 0.717) is 19.6 Å². The molecule has 0 spiro atoms. The van der Waals surface area contributed by atoms with Crippen LogP contribution in [0.15, 0.2) is 36.7 Å². The van der Waals surface area contributed by atoms with Crippen molar-refractivity contribution < 1.29 is 4.79 Å². The largest absolute Gasteiger partial charge is 0.367 e. The average Bonchev–Trinajstić information content (AvgIpc) is 3.01. The number of amides is 2. The Labute approximate surface area is 147 Å². The van der Waals surface area contributed by atoms with Gasteiger partial charge in [0.1, 0.15) is 0 Å². The second-order valence-electron chi connectivity index (χ2n) is 5.93. The molecule has 2 aromatic rings. The van der Waals surface area contributed by atoms with Crippen LogP contribution >= 0.6 is 11.6 Å². The van der Waals surface area contributed by atoms with E-state index in [4.69, 9.17) is 11.6 Å². The number of para-hydroxylation sites is 1.